The lowest BCUT2D eigenvalue weighted by Gasteiger charge is -2.20. The van der Waals surface area contributed by atoms with Crippen LogP contribution in [0.1, 0.15) is 54.4 Å². The number of aromatic nitrogens is 4. The van der Waals surface area contributed by atoms with E-state index in [0.717, 1.165) is 53.9 Å². The summed E-state index contributed by atoms with van der Waals surface area (Å²) in [6, 6.07) is 6.67. The highest BCUT2D eigenvalue weighted by atomic mass is 19.2. The topological polar surface area (TPSA) is 291 Å². The number of halogens is 6. The van der Waals surface area contributed by atoms with Crippen LogP contribution in [0.4, 0.5) is 38.0 Å². The van der Waals surface area contributed by atoms with Crippen LogP contribution in [0, 0.1) is 41.8 Å². The second-order valence-corrected chi connectivity index (χ2v) is 17.6. The molecular formula is C48H50F6N16O4. The smallest absolute Gasteiger partial charge is 0.341 e. The van der Waals surface area contributed by atoms with Gasteiger partial charge in [0.1, 0.15) is 28.8 Å². The number of carbonyl (C=O) groups is 1. The highest BCUT2D eigenvalue weighted by Gasteiger charge is 2.30. The first kappa shape index (κ1) is 51.6. The Morgan fingerprint density at radius 1 is 0.635 bits per heavy atom. The molecule has 0 bridgehead atoms. The molecule has 0 amide bonds. The molecule has 0 aliphatic carbocycles. The molecule has 26 heteroatoms. The zero-order valence-corrected chi connectivity index (χ0v) is 39.6. The number of carboxylic acids is 1. The van der Waals surface area contributed by atoms with Crippen LogP contribution in [-0.4, -0.2) is 105 Å². The molecule has 2 aromatic carbocycles. The number of rotatable bonds is 14. The van der Waals surface area contributed by atoms with Crippen molar-refractivity contribution in [1.29, 1.82) is 0 Å². The second-order valence-electron chi connectivity index (χ2n) is 17.6. The molecule has 2 unspecified atom stereocenters. The molecule has 11 N–H and O–H groups in total. The summed E-state index contributed by atoms with van der Waals surface area (Å²) in [5.41, 5.74) is 21.7. The van der Waals surface area contributed by atoms with Crippen LogP contribution in [0.25, 0.3) is 33.4 Å². The van der Waals surface area contributed by atoms with Crippen molar-refractivity contribution in [3.63, 3.8) is 0 Å². The van der Waals surface area contributed by atoms with Crippen LogP contribution in [0.2, 0.25) is 0 Å². The van der Waals surface area contributed by atoms with Gasteiger partial charge in [-0.2, -0.15) is 0 Å². The quantitative estimate of drug-likeness (QED) is 0.0354. The lowest BCUT2D eigenvalue weighted by atomic mass is 10.1. The third-order valence-corrected chi connectivity index (χ3v) is 12.3. The molecule has 2 atom stereocenters. The van der Waals surface area contributed by atoms with Gasteiger partial charge in [-0.1, -0.05) is 12.8 Å². The summed E-state index contributed by atoms with van der Waals surface area (Å²) in [6.07, 6.45) is 6.13. The highest BCUT2D eigenvalue weighted by Crippen LogP contribution is 2.30. The van der Waals surface area contributed by atoms with Gasteiger partial charge in [0.15, 0.2) is 63.8 Å². The van der Waals surface area contributed by atoms with E-state index in [0.29, 0.717) is 57.5 Å². The summed E-state index contributed by atoms with van der Waals surface area (Å²) < 4.78 is 90.5. The van der Waals surface area contributed by atoms with Gasteiger partial charge in [0.2, 0.25) is 5.43 Å². The second kappa shape index (κ2) is 22.0. The number of anilines is 2. The normalized spacial score (nSPS) is 16.7. The zero-order valence-electron chi connectivity index (χ0n) is 39.6. The van der Waals surface area contributed by atoms with E-state index in [1.54, 1.807) is 9.80 Å². The third kappa shape index (κ3) is 11.5. The minimum absolute atomic E-state index is 0.00373. The van der Waals surface area contributed by atoms with Crippen LogP contribution in [0.5, 0.6) is 0 Å². The zero-order chi connectivity index (χ0) is 53.0. The van der Waals surface area contributed by atoms with E-state index in [-0.39, 0.29) is 94.8 Å². The minimum atomic E-state index is -1.63. The fraction of sp³-hybridized carbons (Fsp3) is 0.312. The van der Waals surface area contributed by atoms with Crippen LogP contribution in [0.15, 0.2) is 90.5 Å². The van der Waals surface area contributed by atoms with Crippen LogP contribution in [-0.2, 0) is 0 Å². The maximum atomic E-state index is 15.5. The minimum Gasteiger partial charge on any atom is -0.477 e. The largest absolute Gasteiger partial charge is 0.477 e. The molecule has 6 heterocycles. The van der Waals surface area contributed by atoms with Gasteiger partial charge in [-0.25, -0.2) is 51.1 Å². The lowest BCUT2D eigenvalue weighted by Crippen LogP contribution is -2.42. The number of nitrogens with zero attached hydrogens (tertiary/aromatic N) is 10. The van der Waals surface area contributed by atoms with Crippen molar-refractivity contribution < 1.29 is 36.2 Å². The molecule has 2 aliphatic rings. The predicted molar refractivity (Wildman–Crippen MR) is 268 cm³/mol. The summed E-state index contributed by atoms with van der Waals surface area (Å²) in [4.78, 5) is 67.2. The molecule has 74 heavy (non-hydrogen) atoms. The van der Waals surface area contributed by atoms with Gasteiger partial charge in [0.05, 0.1) is 34.2 Å². The van der Waals surface area contributed by atoms with Gasteiger partial charge in [-0.05, 0) is 69.0 Å². The molecular weight excluding hydrogens is 979 g/mol. The van der Waals surface area contributed by atoms with Crippen molar-refractivity contribution in [1.82, 2.24) is 29.7 Å². The maximum absolute atomic E-state index is 15.5. The first-order chi connectivity index (χ1) is 35.3. The number of benzene rings is 2. The van der Waals surface area contributed by atoms with E-state index in [4.69, 9.17) is 22.9 Å². The van der Waals surface area contributed by atoms with Gasteiger partial charge in [-0.3, -0.25) is 39.3 Å². The summed E-state index contributed by atoms with van der Waals surface area (Å²) in [5, 5.41) is 14.6. The first-order valence-electron chi connectivity index (χ1n) is 23.3. The molecule has 2 fully saturated rings. The molecule has 6 aromatic rings. The number of hydrogen-bond acceptors (Lipinski definition) is 11. The molecule has 0 radical (unpaired) electrons. The number of fused-ring (bicyclic) bond motifs is 2. The molecule has 4 aromatic heterocycles. The Morgan fingerprint density at radius 3 is 1.53 bits per heavy atom. The number of carboxylic acid groups (broad SMARTS) is 1. The van der Waals surface area contributed by atoms with Crippen LogP contribution in [0.3, 0.4) is 0 Å². The van der Waals surface area contributed by atoms with E-state index < -0.39 is 68.7 Å². The van der Waals surface area contributed by atoms with Crippen LogP contribution >= 0.6 is 0 Å². The average molecular weight is 1030 g/mol. The predicted octanol–water partition coefficient (Wildman–Crippen LogP) is 3.78. The van der Waals surface area contributed by atoms with Gasteiger partial charge < -0.3 is 37.8 Å². The Morgan fingerprint density at radius 2 is 1.08 bits per heavy atom. The first-order valence-corrected chi connectivity index (χ1v) is 23.3. The monoisotopic (exact) mass is 1030 g/mol. The third-order valence-electron chi connectivity index (χ3n) is 12.3. The van der Waals surface area contributed by atoms with E-state index in [2.05, 4.69) is 40.6 Å². The number of guanidine groups is 4. The fourth-order valence-electron chi connectivity index (χ4n) is 8.73. The van der Waals surface area contributed by atoms with Crippen molar-refractivity contribution in [2.24, 2.45) is 42.9 Å². The van der Waals surface area contributed by atoms with Crippen molar-refractivity contribution in [2.45, 2.75) is 57.5 Å². The number of pyridine rings is 4. The SMILES string of the molecule is Cc1cn(-c2ccc(F)cc2F)c2nc(N3CCC(N=C(N)NC(N)=NCCCCCCN=C(N)NC(N)=NC4CCN(c5nc6c(cc5F)c(=O)c(C(=O)O)cn6-c5ccc(F)cc5F)C4)C3)c(F)cc2c1=O. The number of nitrogens with two attached hydrogens (primary N) is 4. The van der Waals surface area contributed by atoms with Gasteiger partial charge >= 0.3 is 5.97 Å². The lowest BCUT2D eigenvalue weighted by molar-refractivity contribution is 0.0695. The van der Waals surface area contributed by atoms with Gasteiger partial charge in [-0.15, -0.1) is 0 Å². The van der Waals surface area contributed by atoms with E-state index in [9.17, 15) is 37.1 Å². The molecule has 2 aliphatic heterocycles. The molecule has 8 rings (SSSR count). The fourth-order valence-corrected chi connectivity index (χ4v) is 8.73. The number of nitrogens with one attached hydrogen (secondary N) is 2. The summed E-state index contributed by atoms with van der Waals surface area (Å²) >= 11 is 0. The van der Waals surface area contributed by atoms with E-state index >= 15 is 8.78 Å². The number of aromatic carboxylic acids is 1. The molecule has 0 spiro atoms. The molecule has 388 valence electrons. The van der Waals surface area contributed by atoms with Gasteiger partial charge in [0.25, 0.3) is 0 Å². The standard InChI is InChI=1S/C48H50F6N16O4/c1-24-20-69(36-8-6-25(49)16-32(36)51)40-29(38(24)71)18-34(53)42(63-40)67-14-10-27(21-67)61-47(57)65-45(55)59-12-4-2-3-5-13-60-46(56)66-48(58)62-28-11-15-68(22-28)43-35(54)19-30-39(72)31(44(73)74)23-70(41(30)64-43)37-9-7-26(50)17-33(37)52/h6-9,16-20,23,27-28H,2-5,10-15,21-22H2,1H3,(H,73,74)(H5,55,57,59,61,65)(H5,56,58,60,62,66). The van der Waals surface area contributed by atoms with Crippen molar-refractivity contribution in [3.05, 3.63) is 127 Å². The van der Waals surface area contributed by atoms with E-state index in [1.165, 1.54) is 23.8 Å². The number of aliphatic imine (C=N–C) groups is 4. The number of hydrogen-bond donors (Lipinski definition) is 7. The Bertz CT molecular complexity index is 3420. The van der Waals surface area contributed by atoms with E-state index in [1.807, 2.05) is 0 Å². The Hall–Kier alpha value is -8.71. The van der Waals surface area contributed by atoms with Crippen molar-refractivity contribution in [3.8, 4) is 11.4 Å². The maximum Gasteiger partial charge on any atom is 0.341 e. The highest BCUT2D eigenvalue weighted by molar-refractivity contribution is 5.98. The average Bonchev–Trinajstić information content (AvgIpc) is 4.01. The number of aryl methyl sites for hydroxylation is 1. The summed E-state index contributed by atoms with van der Waals surface area (Å²) in [5.74, 6) is -7.12. The van der Waals surface area contributed by atoms with Crippen molar-refractivity contribution >= 4 is 63.5 Å². The van der Waals surface area contributed by atoms with Gasteiger partial charge in [0, 0.05) is 69.4 Å². The van der Waals surface area contributed by atoms with Crippen LogP contribution < -0.4 is 54.2 Å². The summed E-state index contributed by atoms with van der Waals surface area (Å²) in [6.45, 7) is 3.27. The molecule has 20 nitrogen and oxygen atoms in total. The molecule has 2 saturated heterocycles. The Labute approximate surface area is 416 Å². The van der Waals surface area contributed by atoms with Crippen molar-refractivity contribution in [2.75, 3.05) is 49.1 Å². The Kier molecular flexibility index (Phi) is 15.3. The Balaban J connectivity index is 0.774. The summed E-state index contributed by atoms with van der Waals surface area (Å²) in [7, 11) is 0. The number of unbranched alkanes of at least 4 members (excludes halogenated alkanes) is 3. The molecule has 0 saturated carbocycles.